The summed E-state index contributed by atoms with van der Waals surface area (Å²) in [5, 5.41) is 11.2. The molecule has 8 rings (SSSR count). The van der Waals surface area contributed by atoms with Gasteiger partial charge in [-0.1, -0.05) is 18.6 Å². The van der Waals surface area contributed by atoms with Gasteiger partial charge in [0.05, 0.1) is 34.3 Å². The zero-order valence-electron chi connectivity index (χ0n) is 29.1. The van der Waals surface area contributed by atoms with E-state index in [1.165, 1.54) is 11.1 Å². The highest BCUT2D eigenvalue weighted by Gasteiger charge is 2.49. The number of carbonyl (C=O) groups excluding carboxylic acids is 3. The molecule has 0 radical (unpaired) electrons. The Morgan fingerprint density at radius 3 is 2.50 bits per heavy atom. The fourth-order valence-corrected chi connectivity index (χ4v) is 8.55. The Labute approximate surface area is 310 Å². The van der Waals surface area contributed by atoms with Gasteiger partial charge in [0, 0.05) is 43.2 Å². The second-order valence-corrected chi connectivity index (χ2v) is 16.0. The fourth-order valence-electron chi connectivity index (χ4n) is 7.19. The van der Waals surface area contributed by atoms with Crippen LogP contribution in [0.5, 0.6) is 17.4 Å². The van der Waals surface area contributed by atoms with Crippen molar-refractivity contribution < 1.29 is 46.9 Å². The number of hydrogen-bond acceptors (Lipinski definition) is 12. The average molecular weight is 759 g/mol. The van der Waals surface area contributed by atoms with Crippen molar-refractivity contribution in [1.82, 2.24) is 24.9 Å². The summed E-state index contributed by atoms with van der Waals surface area (Å²) >= 11 is 0. The molecule has 4 heterocycles. The van der Waals surface area contributed by atoms with E-state index in [-0.39, 0.29) is 38.4 Å². The minimum atomic E-state index is -3.93. The van der Waals surface area contributed by atoms with Crippen LogP contribution >= 0.6 is 0 Å². The number of nitrogens with zero attached hydrogens (tertiary/aromatic N) is 4. The van der Waals surface area contributed by atoms with Crippen LogP contribution in [0.3, 0.4) is 0 Å². The van der Waals surface area contributed by atoms with Crippen molar-refractivity contribution in [2.75, 3.05) is 6.79 Å². The molecule has 0 unspecified atom stereocenters. The van der Waals surface area contributed by atoms with Crippen LogP contribution < -0.4 is 24.2 Å². The number of nitrogens with one attached hydrogen (secondary N) is 2. The van der Waals surface area contributed by atoms with Crippen LogP contribution in [0.4, 0.5) is 4.79 Å². The van der Waals surface area contributed by atoms with Gasteiger partial charge in [-0.3, -0.25) is 29.0 Å². The molecule has 3 amide bonds. The van der Waals surface area contributed by atoms with Crippen molar-refractivity contribution in [2.24, 2.45) is 10.9 Å². The summed E-state index contributed by atoms with van der Waals surface area (Å²) in [6.07, 6.45) is 2.07. The van der Waals surface area contributed by atoms with Crippen molar-refractivity contribution in [2.45, 2.75) is 87.8 Å². The van der Waals surface area contributed by atoms with Gasteiger partial charge in [0.1, 0.15) is 5.69 Å². The number of Topliss-reactive ketones (excluding diaryl/α,β-unsaturated/α-hetero) is 1. The molecule has 2 aromatic carbocycles. The number of fused-ring (bicyclic) bond motifs is 3. The normalized spacial score (nSPS) is 24.9. The Hall–Kier alpha value is -5.58. The minimum absolute atomic E-state index is 0.0167. The number of aliphatic imine (C=N–C) groups is 1. The van der Waals surface area contributed by atoms with Crippen LogP contribution in [-0.4, -0.2) is 88.7 Å². The second-order valence-electron chi connectivity index (χ2n) is 14.1. The van der Waals surface area contributed by atoms with Crippen LogP contribution in [0.1, 0.15) is 64.2 Å². The van der Waals surface area contributed by atoms with Gasteiger partial charge in [-0.25, -0.2) is 23.2 Å². The maximum atomic E-state index is 14.1. The van der Waals surface area contributed by atoms with E-state index in [1.807, 2.05) is 6.07 Å². The monoisotopic (exact) mass is 758 g/mol. The van der Waals surface area contributed by atoms with Crippen LogP contribution in [0.2, 0.25) is 0 Å². The molecule has 2 fully saturated rings. The molecule has 282 valence electrons. The Bertz CT molecular complexity index is 2220. The number of carbonyl (C=O) groups is 4. The van der Waals surface area contributed by atoms with Gasteiger partial charge in [0.2, 0.25) is 34.5 Å². The first kappa shape index (κ1) is 35.4. The molecular formula is C37H38N6O10S. The number of para-hydroxylation sites is 2. The number of ketones is 1. The number of amides is 3. The molecule has 1 saturated heterocycles. The summed E-state index contributed by atoms with van der Waals surface area (Å²) < 4.78 is 45.7. The molecular weight excluding hydrogens is 721 g/mol. The Balaban J connectivity index is 1.20. The summed E-state index contributed by atoms with van der Waals surface area (Å²) in [7, 11) is -3.93. The highest BCUT2D eigenvalue weighted by atomic mass is 32.2. The maximum absolute atomic E-state index is 14.1. The number of allylic oxidation sites excluding steroid dienone is 2. The first-order valence-electron chi connectivity index (χ1n) is 18.0. The Kier molecular flexibility index (Phi) is 9.41. The molecule has 4 atom stereocenters. The molecule has 3 aromatic rings. The molecule has 1 saturated carbocycles. The van der Waals surface area contributed by atoms with Gasteiger partial charge in [-0.05, 0) is 68.0 Å². The van der Waals surface area contributed by atoms with E-state index in [1.54, 1.807) is 36.4 Å². The quantitative estimate of drug-likeness (QED) is 0.313. The van der Waals surface area contributed by atoms with Gasteiger partial charge in [0.25, 0.3) is 0 Å². The van der Waals surface area contributed by atoms with Crippen molar-refractivity contribution in [3.05, 3.63) is 53.7 Å². The third-order valence-electron chi connectivity index (χ3n) is 10.3. The molecule has 1 aromatic heterocycles. The van der Waals surface area contributed by atoms with E-state index in [0.717, 1.165) is 11.3 Å². The number of rotatable bonds is 7. The average Bonchev–Trinajstić information content (AvgIpc) is 4.06. The minimum Gasteiger partial charge on any atom is -0.465 e. The van der Waals surface area contributed by atoms with E-state index in [2.05, 4.69) is 15.0 Å². The fraction of sp³-hybridized carbons (Fsp3) is 0.432. The van der Waals surface area contributed by atoms with Gasteiger partial charge >= 0.3 is 6.09 Å². The smallest absolute Gasteiger partial charge is 0.405 e. The Morgan fingerprint density at radius 2 is 1.72 bits per heavy atom. The predicted octanol–water partition coefficient (Wildman–Crippen LogP) is 3.84. The van der Waals surface area contributed by atoms with E-state index in [4.69, 9.17) is 24.2 Å². The topological polar surface area (TPSA) is 216 Å². The summed E-state index contributed by atoms with van der Waals surface area (Å²) in [4.78, 5) is 68.9. The summed E-state index contributed by atoms with van der Waals surface area (Å²) in [6.45, 7) is 0.0501. The molecule has 3 N–H and O–H groups in total. The summed E-state index contributed by atoms with van der Waals surface area (Å²) in [5.74, 6) is -1.85. The largest absolute Gasteiger partial charge is 0.465 e. The van der Waals surface area contributed by atoms with Crippen molar-refractivity contribution >= 4 is 51.0 Å². The van der Waals surface area contributed by atoms with Crippen LogP contribution in [0.25, 0.3) is 22.3 Å². The highest BCUT2D eigenvalue weighted by molar-refractivity contribution is 7.90. The zero-order chi connectivity index (χ0) is 37.6. The lowest BCUT2D eigenvalue weighted by atomic mass is 9.99. The third-order valence-corrected chi connectivity index (χ3v) is 12.1. The number of aromatic nitrogens is 2. The molecule has 2 aliphatic carbocycles. The standard InChI is InChI=1S/C37H38N6O10S/c44-29-12-14-33(53-36-34(39-24-6-3-4-7-25(24)40-36)21-9-13-30-31(16-21)52-19-51-30)43-28(23(17-32(43)45)35(46)42-54(49,50)22-10-11-22)18-38-27-15-20(27)5-1-2-8-26(29)41-37(47)48/h3-4,6-7,9,13,16,18,22-23,26,28,33,41H,1-2,5,8,10-12,14-15,17,19H2,(H,42,46)(H,47,48)/b38-18-/t23-,26-,28-,33+/m0/s1. The first-order chi connectivity index (χ1) is 26.0. The lowest BCUT2D eigenvalue weighted by molar-refractivity contribution is -0.137. The molecule has 17 heteroatoms. The van der Waals surface area contributed by atoms with E-state index in [0.29, 0.717) is 72.3 Å². The van der Waals surface area contributed by atoms with Gasteiger partial charge < -0.3 is 24.6 Å². The van der Waals surface area contributed by atoms with E-state index in [9.17, 15) is 32.7 Å². The summed E-state index contributed by atoms with van der Waals surface area (Å²) in [6, 6.07) is 10.3. The third kappa shape index (κ3) is 7.44. The van der Waals surface area contributed by atoms with E-state index >= 15 is 0 Å². The van der Waals surface area contributed by atoms with Gasteiger partial charge in [-0.2, -0.15) is 0 Å². The Morgan fingerprint density at radius 1 is 0.944 bits per heavy atom. The van der Waals surface area contributed by atoms with Gasteiger partial charge in [-0.15, -0.1) is 0 Å². The molecule has 5 aliphatic rings. The highest BCUT2D eigenvalue weighted by Crippen LogP contribution is 2.41. The van der Waals surface area contributed by atoms with Crippen LogP contribution in [-0.2, 0) is 24.4 Å². The lowest BCUT2D eigenvalue weighted by Gasteiger charge is -2.33. The molecule has 3 aliphatic heterocycles. The molecule has 54 heavy (non-hydrogen) atoms. The van der Waals surface area contributed by atoms with E-state index < -0.39 is 63.2 Å². The number of hydrogen-bond donors (Lipinski definition) is 3. The van der Waals surface area contributed by atoms with Crippen molar-refractivity contribution in [3.8, 4) is 28.6 Å². The zero-order valence-corrected chi connectivity index (χ0v) is 29.9. The maximum Gasteiger partial charge on any atom is 0.405 e. The molecule has 0 bridgehead atoms. The summed E-state index contributed by atoms with van der Waals surface area (Å²) in [5.41, 5.74) is 3.78. The van der Waals surface area contributed by atoms with Crippen molar-refractivity contribution in [3.63, 3.8) is 0 Å². The number of carboxylic acid groups (broad SMARTS) is 1. The molecule has 0 spiro atoms. The second kappa shape index (κ2) is 14.3. The number of ether oxygens (including phenoxy) is 3. The van der Waals surface area contributed by atoms with Crippen molar-refractivity contribution in [1.29, 1.82) is 0 Å². The molecule has 16 nitrogen and oxygen atoms in total. The number of benzene rings is 2. The lowest BCUT2D eigenvalue weighted by Crippen LogP contribution is -2.50. The predicted molar refractivity (Wildman–Crippen MR) is 192 cm³/mol. The van der Waals surface area contributed by atoms with Crippen LogP contribution in [0, 0.1) is 5.92 Å². The SMILES string of the molecule is O=C(O)N[C@H]1CCCCC2=C(C2)/N=C\[C@H]2[C@@H](C(=O)NS(=O)(=O)C3CC3)CC(=O)N2[C@H](Oc2nc3ccccc3nc2-c2ccc3c(c2)OCO3)CCC1=O. The number of sulfonamides is 1. The van der Waals surface area contributed by atoms with Gasteiger partial charge in [0.15, 0.2) is 23.5 Å². The first-order valence-corrected chi connectivity index (χ1v) is 19.6. The van der Waals surface area contributed by atoms with Crippen LogP contribution in [0.15, 0.2) is 58.7 Å².